The van der Waals surface area contributed by atoms with E-state index < -0.39 is 5.82 Å². The first-order valence-electron chi connectivity index (χ1n) is 8.23. The van der Waals surface area contributed by atoms with E-state index in [1.54, 1.807) is 12.4 Å². The fraction of sp³-hybridized carbons (Fsp3) is 0.263. The summed E-state index contributed by atoms with van der Waals surface area (Å²) in [6, 6.07) is 8.70. The van der Waals surface area contributed by atoms with Crippen LogP contribution < -0.4 is 0 Å². The third kappa shape index (κ3) is 3.06. The molecule has 6 heteroatoms. The molecule has 1 aromatic carbocycles. The van der Waals surface area contributed by atoms with Crippen LogP contribution in [0.5, 0.6) is 5.75 Å². The zero-order valence-corrected chi connectivity index (χ0v) is 13.6. The number of phenolic OH excluding ortho intramolecular Hbond substituents is 1. The normalized spacial score (nSPS) is 16.8. The SMILES string of the molecule is Oc1c(C(c2cncc(F)c2)N2CCOCC2)ccc2cccnc12. The molecule has 1 aliphatic rings. The Balaban J connectivity index is 1.87. The van der Waals surface area contributed by atoms with E-state index in [9.17, 15) is 9.50 Å². The van der Waals surface area contributed by atoms with Crippen molar-refractivity contribution in [2.45, 2.75) is 6.04 Å². The van der Waals surface area contributed by atoms with Crippen molar-refractivity contribution in [3.05, 3.63) is 65.9 Å². The van der Waals surface area contributed by atoms with Gasteiger partial charge in [-0.05, 0) is 17.7 Å². The summed E-state index contributed by atoms with van der Waals surface area (Å²) in [5.74, 6) is -0.270. The molecule has 0 spiro atoms. The average Bonchev–Trinajstić information content (AvgIpc) is 2.65. The van der Waals surface area contributed by atoms with Gasteiger partial charge in [0.2, 0.25) is 0 Å². The zero-order chi connectivity index (χ0) is 17.2. The maximum atomic E-state index is 13.8. The monoisotopic (exact) mass is 339 g/mol. The molecule has 1 unspecified atom stereocenters. The van der Waals surface area contributed by atoms with Crippen LogP contribution in [-0.2, 0) is 4.74 Å². The molecule has 128 valence electrons. The molecular formula is C19H18FN3O2. The fourth-order valence-corrected chi connectivity index (χ4v) is 3.37. The molecule has 0 bridgehead atoms. The van der Waals surface area contributed by atoms with Crippen molar-refractivity contribution in [1.29, 1.82) is 0 Å². The topological polar surface area (TPSA) is 58.5 Å². The van der Waals surface area contributed by atoms with Crippen LogP contribution >= 0.6 is 0 Å². The van der Waals surface area contributed by atoms with E-state index >= 15 is 0 Å². The van der Waals surface area contributed by atoms with Crippen LogP contribution in [0, 0.1) is 5.82 Å². The molecule has 0 aliphatic carbocycles. The van der Waals surface area contributed by atoms with Gasteiger partial charge in [0.05, 0.1) is 25.5 Å². The van der Waals surface area contributed by atoms with Crippen molar-refractivity contribution < 1.29 is 14.2 Å². The minimum atomic E-state index is -0.394. The number of rotatable bonds is 3. The summed E-state index contributed by atoms with van der Waals surface area (Å²) < 4.78 is 19.2. The number of halogens is 1. The van der Waals surface area contributed by atoms with Crippen molar-refractivity contribution in [2.24, 2.45) is 0 Å². The van der Waals surface area contributed by atoms with Gasteiger partial charge in [-0.15, -0.1) is 0 Å². The molecule has 1 fully saturated rings. The van der Waals surface area contributed by atoms with E-state index in [0.29, 0.717) is 42.9 Å². The molecule has 5 nitrogen and oxygen atoms in total. The van der Waals surface area contributed by atoms with E-state index in [1.165, 1.54) is 12.3 Å². The predicted molar refractivity (Wildman–Crippen MR) is 91.8 cm³/mol. The number of hydrogen-bond acceptors (Lipinski definition) is 5. The van der Waals surface area contributed by atoms with Gasteiger partial charge in [0, 0.05) is 36.4 Å². The maximum absolute atomic E-state index is 13.8. The molecule has 0 saturated carbocycles. The van der Waals surface area contributed by atoms with Crippen LogP contribution in [0.25, 0.3) is 10.9 Å². The van der Waals surface area contributed by atoms with E-state index in [4.69, 9.17) is 4.74 Å². The first-order valence-corrected chi connectivity index (χ1v) is 8.23. The number of nitrogens with zero attached hydrogens (tertiary/aromatic N) is 3. The Kier molecular flexibility index (Phi) is 4.29. The molecule has 1 aliphatic heterocycles. The molecule has 4 rings (SSSR count). The minimum Gasteiger partial charge on any atom is -0.505 e. The fourth-order valence-electron chi connectivity index (χ4n) is 3.37. The number of aromatic hydroxyl groups is 1. The molecule has 3 aromatic rings. The molecule has 3 heterocycles. The smallest absolute Gasteiger partial charge is 0.146 e. The van der Waals surface area contributed by atoms with Crippen molar-refractivity contribution in [2.75, 3.05) is 26.3 Å². The van der Waals surface area contributed by atoms with E-state index in [2.05, 4.69) is 14.9 Å². The second-order valence-electron chi connectivity index (χ2n) is 6.07. The number of fused-ring (bicyclic) bond motifs is 1. The highest BCUT2D eigenvalue weighted by Crippen LogP contribution is 2.38. The molecular weight excluding hydrogens is 321 g/mol. The van der Waals surface area contributed by atoms with Gasteiger partial charge in [-0.2, -0.15) is 0 Å². The van der Waals surface area contributed by atoms with Crippen LogP contribution in [0.4, 0.5) is 4.39 Å². The Hall–Kier alpha value is -2.57. The van der Waals surface area contributed by atoms with Crippen LogP contribution in [0.1, 0.15) is 17.2 Å². The number of pyridine rings is 2. The first-order chi connectivity index (χ1) is 12.2. The summed E-state index contributed by atoms with van der Waals surface area (Å²) in [6.45, 7) is 2.60. The van der Waals surface area contributed by atoms with Gasteiger partial charge in [-0.25, -0.2) is 4.39 Å². The summed E-state index contributed by atoms with van der Waals surface area (Å²) in [4.78, 5) is 10.5. The Morgan fingerprint density at radius 1 is 1.16 bits per heavy atom. The Morgan fingerprint density at radius 2 is 2.00 bits per heavy atom. The highest BCUT2D eigenvalue weighted by molar-refractivity contribution is 5.85. The lowest BCUT2D eigenvalue weighted by Crippen LogP contribution is -2.39. The van der Waals surface area contributed by atoms with E-state index in [1.807, 2.05) is 24.3 Å². The summed E-state index contributed by atoms with van der Waals surface area (Å²) >= 11 is 0. The molecule has 1 atom stereocenters. The van der Waals surface area contributed by atoms with Gasteiger partial charge < -0.3 is 9.84 Å². The summed E-state index contributed by atoms with van der Waals surface area (Å²) in [5, 5.41) is 11.7. The lowest BCUT2D eigenvalue weighted by atomic mass is 9.95. The highest BCUT2D eigenvalue weighted by Gasteiger charge is 2.28. The number of hydrogen-bond donors (Lipinski definition) is 1. The Bertz CT molecular complexity index is 897. The number of phenols is 1. The van der Waals surface area contributed by atoms with Gasteiger partial charge in [-0.3, -0.25) is 14.9 Å². The second-order valence-corrected chi connectivity index (χ2v) is 6.07. The standard InChI is InChI=1S/C19H18FN3O2/c20-15-10-14(11-21-12-15)18(23-6-8-25-9-7-23)16-4-3-13-2-1-5-22-17(13)19(16)24/h1-5,10-12,18,24H,6-9H2. The van der Waals surface area contributed by atoms with Crippen molar-refractivity contribution in [3.8, 4) is 5.75 Å². The predicted octanol–water partition coefficient (Wildman–Crippen LogP) is 2.90. The lowest BCUT2D eigenvalue weighted by Gasteiger charge is -2.35. The quantitative estimate of drug-likeness (QED) is 0.795. The van der Waals surface area contributed by atoms with Gasteiger partial charge >= 0.3 is 0 Å². The third-order valence-corrected chi connectivity index (χ3v) is 4.53. The molecule has 2 aromatic heterocycles. The molecule has 1 N–H and O–H groups in total. The van der Waals surface area contributed by atoms with Gasteiger partial charge in [-0.1, -0.05) is 18.2 Å². The van der Waals surface area contributed by atoms with Crippen LogP contribution in [-0.4, -0.2) is 46.3 Å². The summed E-state index contributed by atoms with van der Waals surface area (Å²) in [6.07, 6.45) is 4.48. The number of ether oxygens (including phenoxy) is 1. The lowest BCUT2D eigenvalue weighted by molar-refractivity contribution is 0.0235. The first kappa shape index (κ1) is 15.9. The molecule has 25 heavy (non-hydrogen) atoms. The van der Waals surface area contributed by atoms with Crippen molar-refractivity contribution in [3.63, 3.8) is 0 Å². The number of morpholine rings is 1. The van der Waals surface area contributed by atoms with E-state index in [-0.39, 0.29) is 11.8 Å². The second kappa shape index (κ2) is 6.74. The van der Waals surface area contributed by atoms with Crippen LogP contribution in [0.2, 0.25) is 0 Å². The Labute approximate surface area is 144 Å². The summed E-state index contributed by atoms with van der Waals surface area (Å²) in [7, 11) is 0. The number of benzene rings is 1. The molecule has 0 radical (unpaired) electrons. The van der Waals surface area contributed by atoms with Gasteiger partial charge in [0.15, 0.2) is 0 Å². The summed E-state index contributed by atoms with van der Waals surface area (Å²) in [5.41, 5.74) is 1.94. The van der Waals surface area contributed by atoms with Gasteiger partial charge in [0.1, 0.15) is 17.1 Å². The minimum absolute atomic E-state index is 0.124. The third-order valence-electron chi connectivity index (χ3n) is 4.53. The number of aromatic nitrogens is 2. The average molecular weight is 339 g/mol. The highest BCUT2D eigenvalue weighted by atomic mass is 19.1. The van der Waals surface area contributed by atoms with Crippen molar-refractivity contribution in [1.82, 2.24) is 14.9 Å². The van der Waals surface area contributed by atoms with Gasteiger partial charge in [0.25, 0.3) is 0 Å². The van der Waals surface area contributed by atoms with Crippen LogP contribution in [0.15, 0.2) is 48.9 Å². The zero-order valence-electron chi connectivity index (χ0n) is 13.6. The van der Waals surface area contributed by atoms with Crippen LogP contribution in [0.3, 0.4) is 0 Å². The Morgan fingerprint density at radius 3 is 2.80 bits per heavy atom. The molecule has 0 amide bonds. The largest absolute Gasteiger partial charge is 0.505 e. The van der Waals surface area contributed by atoms with Crippen molar-refractivity contribution >= 4 is 10.9 Å². The molecule has 1 saturated heterocycles. The van der Waals surface area contributed by atoms with E-state index in [0.717, 1.165) is 5.39 Å². The maximum Gasteiger partial charge on any atom is 0.146 e.